The maximum absolute atomic E-state index is 12.6. The van der Waals surface area contributed by atoms with Crippen LogP contribution in [0.2, 0.25) is 0 Å². The smallest absolute Gasteiger partial charge is 0.335 e. The third kappa shape index (κ3) is 6.70. The normalized spacial score (nSPS) is 10.8. The molecule has 0 aromatic heterocycles. The molecule has 8 heteroatoms. The topological polar surface area (TPSA) is 109 Å². The molecule has 7 nitrogen and oxygen atoms in total. The molecule has 3 rings (SSSR count). The van der Waals surface area contributed by atoms with Gasteiger partial charge in [-0.1, -0.05) is 40.2 Å². The van der Waals surface area contributed by atoms with Gasteiger partial charge in [0.2, 0.25) is 0 Å². The van der Waals surface area contributed by atoms with Crippen molar-refractivity contribution >= 4 is 33.9 Å². The van der Waals surface area contributed by atoms with Gasteiger partial charge in [-0.05, 0) is 59.7 Å². The molecule has 172 valence electrons. The zero-order valence-electron chi connectivity index (χ0n) is 18.2. The first kappa shape index (κ1) is 24.6. The molecular weight excluding hydrogens is 500 g/mol. The first-order valence-corrected chi connectivity index (χ1v) is 11.0. The molecule has 3 aromatic rings. The maximum Gasteiger partial charge on any atom is 0.335 e. The van der Waals surface area contributed by atoms with Gasteiger partial charge in [0.25, 0.3) is 5.91 Å². The summed E-state index contributed by atoms with van der Waals surface area (Å²) in [5.74, 6) is -0.315. The van der Waals surface area contributed by atoms with Crippen molar-refractivity contribution in [3.05, 3.63) is 99.0 Å². The highest BCUT2D eigenvalue weighted by Gasteiger charge is 2.12. The summed E-state index contributed by atoms with van der Waals surface area (Å²) in [6, 6.07) is 20.8. The van der Waals surface area contributed by atoms with E-state index in [1.807, 2.05) is 18.2 Å². The summed E-state index contributed by atoms with van der Waals surface area (Å²) >= 11 is 3.40. The SMILES string of the molecule is COc1ccc(CNC(=O)/C(C#N)=C\c2cc(Br)ccc2OCc2ccc(C(=O)O)cc2)cc1. The second-order valence-electron chi connectivity index (χ2n) is 7.17. The zero-order chi connectivity index (χ0) is 24.5. The van der Waals surface area contributed by atoms with Crippen LogP contribution in [-0.4, -0.2) is 24.1 Å². The van der Waals surface area contributed by atoms with Gasteiger partial charge in [0.15, 0.2) is 0 Å². The molecule has 0 aliphatic carbocycles. The van der Waals surface area contributed by atoms with Crippen LogP contribution in [0.5, 0.6) is 11.5 Å². The lowest BCUT2D eigenvalue weighted by Crippen LogP contribution is -2.23. The molecule has 34 heavy (non-hydrogen) atoms. The summed E-state index contributed by atoms with van der Waals surface area (Å²) in [7, 11) is 1.58. The fraction of sp³-hybridized carbons (Fsp3) is 0.115. The van der Waals surface area contributed by atoms with E-state index in [4.69, 9.17) is 14.6 Å². The van der Waals surface area contributed by atoms with E-state index in [2.05, 4.69) is 21.2 Å². The molecule has 0 spiro atoms. The monoisotopic (exact) mass is 520 g/mol. The Kier molecular flexibility index (Phi) is 8.43. The molecule has 2 N–H and O–H groups in total. The van der Waals surface area contributed by atoms with Crippen LogP contribution < -0.4 is 14.8 Å². The molecule has 0 heterocycles. The van der Waals surface area contributed by atoms with Gasteiger partial charge in [0.1, 0.15) is 29.7 Å². The number of amides is 1. The Morgan fingerprint density at radius 1 is 1.06 bits per heavy atom. The molecule has 0 aliphatic heterocycles. The van der Waals surface area contributed by atoms with E-state index < -0.39 is 11.9 Å². The number of nitrogens with zero attached hydrogens (tertiary/aromatic N) is 1. The second-order valence-corrected chi connectivity index (χ2v) is 8.09. The van der Waals surface area contributed by atoms with E-state index in [1.165, 1.54) is 18.2 Å². The Labute approximate surface area is 205 Å². The van der Waals surface area contributed by atoms with Crippen molar-refractivity contribution in [1.29, 1.82) is 5.26 Å². The number of carbonyl (C=O) groups excluding carboxylic acids is 1. The Balaban J connectivity index is 1.72. The van der Waals surface area contributed by atoms with Crippen molar-refractivity contribution in [2.75, 3.05) is 7.11 Å². The van der Waals surface area contributed by atoms with Crippen molar-refractivity contribution in [3.63, 3.8) is 0 Å². The summed E-state index contributed by atoms with van der Waals surface area (Å²) in [5.41, 5.74) is 2.32. The van der Waals surface area contributed by atoms with Crippen molar-refractivity contribution in [3.8, 4) is 17.6 Å². The molecule has 0 aliphatic rings. The summed E-state index contributed by atoms with van der Waals surface area (Å²) < 4.78 is 11.8. The lowest BCUT2D eigenvalue weighted by Gasteiger charge is -2.11. The van der Waals surface area contributed by atoms with Crippen LogP contribution in [0.1, 0.15) is 27.0 Å². The Hall–Kier alpha value is -4.09. The minimum atomic E-state index is -0.998. The molecule has 0 unspecified atom stereocenters. The van der Waals surface area contributed by atoms with Crippen LogP contribution in [-0.2, 0) is 17.9 Å². The van der Waals surface area contributed by atoms with E-state index in [-0.39, 0.29) is 24.3 Å². The Bertz CT molecular complexity index is 1250. The lowest BCUT2D eigenvalue weighted by molar-refractivity contribution is -0.117. The van der Waals surface area contributed by atoms with Gasteiger partial charge in [-0.3, -0.25) is 4.79 Å². The van der Waals surface area contributed by atoms with Gasteiger partial charge in [0.05, 0.1) is 12.7 Å². The van der Waals surface area contributed by atoms with Gasteiger partial charge in [-0.2, -0.15) is 5.26 Å². The number of ether oxygens (including phenoxy) is 2. The van der Waals surface area contributed by atoms with Gasteiger partial charge in [-0.25, -0.2) is 4.79 Å². The Morgan fingerprint density at radius 3 is 2.35 bits per heavy atom. The maximum atomic E-state index is 12.6. The van der Waals surface area contributed by atoms with Gasteiger partial charge >= 0.3 is 5.97 Å². The molecule has 0 radical (unpaired) electrons. The number of methoxy groups -OCH3 is 1. The summed E-state index contributed by atoms with van der Waals surface area (Å²) in [4.78, 5) is 23.6. The molecule has 0 saturated carbocycles. The van der Waals surface area contributed by atoms with E-state index in [1.54, 1.807) is 49.6 Å². The van der Waals surface area contributed by atoms with E-state index in [9.17, 15) is 14.9 Å². The number of nitrogens with one attached hydrogen (secondary N) is 1. The zero-order valence-corrected chi connectivity index (χ0v) is 19.8. The summed E-state index contributed by atoms with van der Waals surface area (Å²) in [6.07, 6.45) is 1.47. The number of rotatable bonds is 9. The van der Waals surface area contributed by atoms with Crippen molar-refractivity contribution in [1.82, 2.24) is 5.32 Å². The standard InChI is InChI=1S/C26H21BrN2O5/c1-33-23-9-4-17(5-10-23)15-29-25(30)21(14-28)12-20-13-22(27)8-11-24(20)34-16-18-2-6-19(7-3-18)26(31)32/h2-13H,15-16H2,1H3,(H,29,30)(H,31,32)/b21-12-. The molecule has 3 aromatic carbocycles. The van der Waals surface area contributed by atoms with Crippen molar-refractivity contribution in [2.45, 2.75) is 13.2 Å². The van der Waals surface area contributed by atoms with E-state index in [0.29, 0.717) is 17.1 Å². The van der Waals surface area contributed by atoms with E-state index >= 15 is 0 Å². The molecule has 0 atom stereocenters. The highest BCUT2D eigenvalue weighted by molar-refractivity contribution is 9.10. The minimum absolute atomic E-state index is 0.0673. The molecule has 0 fully saturated rings. The number of carboxylic acids is 1. The number of hydrogen-bond acceptors (Lipinski definition) is 5. The number of benzene rings is 3. The Morgan fingerprint density at radius 2 is 1.74 bits per heavy atom. The number of nitriles is 1. The van der Waals surface area contributed by atoms with Crippen LogP contribution in [0.25, 0.3) is 6.08 Å². The third-order valence-electron chi connectivity index (χ3n) is 4.84. The lowest BCUT2D eigenvalue weighted by atomic mass is 10.1. The largest absolute Gasteiger partial charge is 0.497 e. The number of hydrogen-bond donors (Lipinski definition) is 2. The molecule has 0 bridgehead atoms. The van der Waals surface area contributed by atoms with Crippen LogP contribution >= 0.6 is 15.9 Å². The first-order chi connectivity index (χ1) is 16.4. The van der Waals surface area contributed by atoms with Crippen LogP contribution in [0.4, 0.5) is 0 Å². The van der Waals surface area contributed by atoms with Crippen molar-refractivity contribution in [2.24, 2.45) is 0 Å². The number of carboxylic acid groups (broad SMARTS) is 1. The van der Waals surface area contributed by atoms with Gasteiger partial charge < -0.3 is 19.9 Å². The van der Waals surface area contributed by atoms with E-state index in [0.717, 1.165) is 15.6 Å². The number of halogens is 1. The third-order valence-corrected chi connectivity index (χ3v) is 5.34. The number of carbonyl (C=O) groups is 2. The van der Waals surface area contributed by atoms with Crippen molar-refractivity contribution < 1.29 is 24.2 Å². The molecule has 0 saturated heterocycles. The minimum Gasteiger partial charge on any atom is -0.497 e. The van der Waals surface area contributed by atoms with Crippen LogP contribution in [0.15, 0.2) is 76.8 Å². The second kappa shape index (κ2) is 11.7. The quantitative estimate of drug-likeness (QED) is 0.305. The molecular formula is C26H21BrN2O5. The number of aromatic carboxylic acids is 1. The fourth-order valence-electron chi connectivity index (χ4n) is 2.99. The predicted molar refractivity (Wildman–Crippen MR) is 130 cm³/mol. The highest BCUT2D eigenvalue weighted by Crippen LogP contribution is 2.26. The van der Waals surface area contributed by atoms with Crippen LogP contribution in [0, 0.1) is 11.3 Å². The summed E-state index contributed by atoms with van der Waals surface area (Å²) in [6.45, 7) is 0.448. The predicted octanol–water partition coefficient (Wildman–Crippen LogP) is 4.96. The summed E-state index contributed by atoms with van der Waals surface area (Å²) in [5, 5.41) is 21.3. The van der Waals surface area contributed by atoms with Gasteiger partial charge in [-0.15, -0.1) is 0 Å². The highest BCUT2D eigenvalue weighted by atomic mass is 79.9. The first-order valence-electron chi connectivity index (χ1n) is 10.2. The van der Waals surface area contributed by atoms with Crippen LogP contribution in [0.3, 0.4) is 0 Å². The average Bonchev–Trinajstić information content (AvgIpc) is 2.85. The fourth-order valence-corrected chi connectivity index (χ4v) is 3.37. The average molecular weight is 521 g/mol. The molecule has 1 amide bonds. The van der Waals surface area contributed by atoms with Gasteiger partial charge in [0, 0.05) is 16.6 Å².